The highest BCUT2D eigenvalue weighted by atomic mass is 16.5. The lowest BCUT2D eigenvalue weighted by molar-refractivity contribution is -0.138. The smallest absolute Gasteiger partial charge is 0.354 e. The summed E-state index contributed by atoms with van der Waals surface area (Å²) in [6.07, 6.45) is 1.71. The zero-order valence-electron chi connectivity index (χ0n) is 17.5. The Morgan fingerprint density at radius 1 is 1.29 bits per heavy atom. The lowest BCUT2D eigenvalue weighted by Gasteiger charge is -2.30. The number of hydrogen-bond acceptors (Lipinski definition) is 6. The summed E-state index contributed by atoms with van der Waals surface area (Å²) >= 11 is 0. The van der Waals surface area contributed by atoms with Gasteiger partial charge in [-0.2, -0.15) is 0 Å². The number of hydrogen-bond donors (Lipinski definition) is 0. The molecule has 1 aromatic heterocycles. The monoisotopic (exact) mass is 394 g/mol. The molecular formula is C20H30N2O6. The third-order valence-electron chi connectivity index (χ3n) is 5.42. The Balaban J connectivity index is 2.36. The second-order valence-corrected chi connectivity index (χ2v) is 7.14. The van der Waals surface area contributed by atoms with Crippen molar-refractivity contribution in [1.82, 2.24) is 9.47 Å². The van der Waals surface area contributed by atoms with E-state index in [0.29, 0.717) is 35.7 Å². The van der Waals surface area contributed by atoms with E-state index < -0.39 is 12.0 Å². The Bertz CT molecular complexity index is 748. The average molecular weight is 394 g/mol. The van der Waals surface area contributed by atoms with Crippen molar-refractivity contribution in [1.29, 1.82) is 0 Å². The van der Waals surface area contributed by atoms with Crippen LogP contribution in [-0.2, 0) is 26.1 Å². The van der Waals surface area contributed by atoms with Crippen LogP contribution in [0.4, 0.5) is 0 Å². The van der Waals surface area contributed by atoms with Crippen molar-refractivity contribution in [3.8, 4) is 0 Å². The van der Waals surface area contributed by atoms with Crippen LogP contribution in [0.5, 0.6) is 0 Å². The maximum Gasteiger partial charge on any atom is 0.354 e. The molecule has 2 atom stereocenters. The molecule has 8 heteroatoms. The first-order valence-corrected chi connectivity index (χ1v) is 9.42. The number of methoxy groups -OCH3 is 2. The number of Topliss-reactive ketones (excluding diaryl/α,β-unsaturated/α-hetero) is 1. The van der Waals surface area contributed by atoms with E-state index in [1.54, 1.807) is 32.4 Å². The summed E-state index contributed by atoms with van der Waals surface area (Å²) in [6.45, 7) is 6.10. The summed E-state index contributed by atoms with van der Waals surface area (Å²) in [4.78, 5) is 39.6. The number of rotatable bonds is 8. The fourth-order valence-corrected chi connectivity index (χ4v) is 3.77. The van der Waals surface area contributed by atoms with Gasteiger partial charge in [0.05, 0.1) is 19.3 Å². The topological polar surface area (TPSA) is 87.1 Å². The molecule has 0 spiro atoms. The molecule has 2 unspecified atom stereocenters. The largest absolute Gasteiger partial charge is 0.464 e. The van der Waals surface area contributed by atoms with Gasteiger partial charge in [-0.15, -0.1) is 0 Å². The van der Waals surface area contributed by atoms with E-state index in [1.165, 1.54) is 19.1 Å². The van der Waals surface area contributed by atoms with Crippen LogP contribution in [0.1, 0.15) is 51.9 Å². The molecule has 0 radical (unpaired) electrons. The van der Waals surface area contributed by atoms with Gasteiger partial charge < -0.3 is 23.7 Å². The van der Waals surface area contributed by atoms with Crippen molar-refractivity contribution in [3.63, 3.8) is 0 Å². The maximum absolute atomic E-state index is 13.3. The number of esters is 1. The number of amides is 1. The van der Waals surface area contributed by atoms with Gasteiger partial charge in [0.15, 0.2) is 5.78 Å². The van der Waals surface area contributed by atoms with Crippen LogP contribution in [-0.4, -0.2) is 73.3 Å². The number of ketones is 1. The second-order valence-electron chi connectivity index (χ2n) is 7.14. The van der Waals surface area contributed by atoms with E-state index in [1.807, 2.05) is 0 Å². The van der Waals surface area contributed by atoms with E-state index >= 15 is 0 Å². The van der Waals surface area contributed by atoms with Gasteiger partial charge in [-0.3, -0.25) is 9.59 Å². The minimum absolute atomic E-state index is 0.0837. The molecule has 1 aromatic rings. The molecule has 0 saturated carbocycles. The lowest BCUT2D eigenvalue weighted by Crippen LogP contribution is -2.48. The summed E-state index contributed by atoms with van der Waals surface area (Å²) in [5.41, 5.74) is 1.99. The molecule has 2 heterocycles. The van der Waals surface area contributed by atoms with Gasteiger partial charge in [0.1, 0.15) is 12.3 Å². The Morgan fingerprint density at radius 2 is 1.96 bits per heavy atom. The van der Waals surface area contributed by atoms with Crippen molar-refractivity contribution >= 4 is 17.7 Å². The van der Waals surface area contributed by atoms with Gasteiger partial charge in [0.2, 0.25) is 5.91 Å². The van der Waals surface area contributed by atoms with E-state index in [-0.39, 0.29) is 24.4 Å². The molecule has 0 N–H and O–H groups in total. The van der Waals surface area contributed by atoms with E-state index in [2.05, 4.69) is 0 Å². The van der Waals surface area contributed by atoms with Gasteiger partial charge in [0, 0.05) is 38.6 Å². The summed E-state index contributed by atoms with van der Waals surface area (Å²) in [5, 5.41) is 0. The quantitative estimate of drug-likeness (QED) is 0.492. The van der Waals surface area contributed by atoms with Crippen molar-refractivity contribution < 1.29 is 28.6 Å². The molecule has 2 rings (SSSR count). The molecule has 8 nitrogen and oxygen atoms in total. The maximum atomic E-state index is 13.3. The van der Waals surface area contributed by atoms with Gasteiger partial charge in [-0.1, -0.05) is 0 Å². The fraction of sp³-hybridized carbons (Fsp3) is 0.650. The predicted octanol–water partition coefficient (Wildman–Crippen LogP) is 1.65. The number of ether oxygens (including phenoxy) is 3. The van der Waals surface area contributed by atoms with Crippen molar-refractivity contribution in [3.05, 3.63) is 22.5 Å². The van der Waals surface area contributed by atoms with Crippen LogP contribution in [0.25, 0.3) is 0 Å². The molecule has 1 aliphatic rings. The molecule has 1 saturated heterocycles. The molecule has 0 aromatic carbocycles. The van der Waals surface area contributed by atoms with Crippen LogP contribution < -0.4 is 0 Å². The lowest BCUT2D eigenvalue weighted by atomic mass is 9.99. The molecule has 28 heavy (non-hydrogen) atoms. The second kappa shape index (κ2) is 9.34. The highest BCUT2D eigenvalue weighted by molar-refractivity contribution is 6.06. The fourth-order valence-electron chi connectivity index (χ4n) is 3.77. The first-order valence-electron chi connectivity index (χ1n) is 9.42. The predicted molar refractivity (Wildman–Crippen MR) is 103 cm³/mol. The molecule has 1 aliphatic heterocycles. The zero-order chi connectivity index (χ0) is 21.0. The summed E-state index contributed by atoms with van der Waals surface area (Å²) in [7, 11) is 4.47. The van der Waals surface area contributed by atoms with Crippen molar-refractivity contribution in [2.75, 3.05) is 34.0 Å². The molecule has 1 fully saturated rings. The van der Waals surface area contributed by atoms with Gasteiger partial charge >= 0.3 is 5.97 Å². The third-order valence-corrected chi connectivity index (χ3v) is 5.42. The number of carbonyl (C=O) groups is 3. The first-order chi connectivity index (χ1) is 13.2. The Hall–Kier alpha value is -2.19. The van der Waals surface area contributed by atoms with Gasteiger partial charge in [-0.05, 0) is 39.2 Å². The standard InChI is InChI=1S/C20H30N2O6/c1-12-17(13(2)21(4)18(12)20(25)27-6)19(24)14(3)22(16(23)11-26-5)10-15-8-7-9-28-15/h14-15H,7-11H2,1-6H3. The van der Waals surface area contributed by atoms with E-state index in [0.717, 1.165) is 12.8 Å². The van der Waals surface area contributed by atoms with Crippen LogP contribution in [0, 0.1) is 13.8 Å². The number of aromatic nitrogens is 1. The van der Waals surface area contributed by atoms with E-state index in [4.69, 9.17) is 14.2 Å². The Kier molecular flexibility index (Phi) is 7.37. The molecule has 0 bridgehead atoms. The van der Waals surface area contributed by atoms with E-state index in [9.17, 15) is 14.4 Å². The Morgan fingerprint density at radius 3 is 2.50 bits per heavy atom. The number of carbonyl (C=O) groups excluding carboxylic acids is 3. The van der Waals surface area contributed by atoms with Crippen LogP contribution in [0.3, 0.4) is 0 Å². The molecule has 1 amide bonds. The number of nitrogens with zero attached hydrogens (tertiary/aromatic N) is 2. The highest BCUT2D eigenvalue weighted by Crippen LogP contribution is 2.25. The normalized spacial score (nSPS) is 17.4. The summed E-state index contributed by atoms with van der Waals surface area (Å²) in [5.74, 6) is -0.983. The van der Waals surface area contributed by atoms with Gasteiger partial charge in [-0.25, -0.2) is 4.79 Å². The highest BCUT2D eigenvalue weighted by Gasteiger charge is 2.34. The molecular weight excluding hydrogens is 364 g/mol. The van der Waals surface area contributed by atoms with Crippen LogP contribution >= 0.6 is 0 Å². The van der Waals surface area contributed by atoms with Crippen molar-refractivity contribution in [2.45, 2.75) is 45.8 Å². The summed E-state index contributed by atoms with van der Waals surface area (Å²) in [6, 6.07) is -0.711. The van der Waals surface area contributed by atoms with Crippen molar-refractivity contribution in [2.24, 2.45) is 7.05 Å². The first kappa shape index (κ1) is 22.1. The van der Waals surface area contributed by atoms with Crippen LogP contribution in [0.15, 0.2) is 0 Å². The van der Waals surface area contributed by atoms with Crippen LogP contribution in [0.2, 0.25) is 0 Å². The third kappa shape index (κ3) is 4.28. The SMILES string of the molecule is COCC(=O)N(CC1CCCO1)C(C)C(=O)c1c(C)c(C(=O)OC)n(C)c1C. The molecule has 0 aliphatic carbocycles. The molecule has 156 valence electrons. The minimum atomic E-state index is -0.711. The Labute approximate surface area is 165 Å². The van der Waals surface area contributed by atoms with Gasteiger partial charge in [0.25, 0.3) is 0 Å². The zero-order valence-corrected chi connectivity index (χ0v) is 17.5. The summed E-state index contributed by atoms with van der Waals surface area (Å²) < 4.78 is 17.1. The minimum Gasteiger partial charge on any atom is -0.464 e. The average Bonchev–Trinajstić information content (AvgIpc) is 3.25.